The summed E-state index contributed by atoms with van der Waals surface area (Å²) in [6.45, 7) is 1.90. The van der Waals surface area contributed by atoms with Crippen LogP contribution in [0.1, 0.15) is 49.9 Å². The molecule has 0 aromatic heterocycles. The molecule has 0 aliphatic heterocycles. The molecule has 0 spiro atoms. The summed E-state index contributed by atoms with van der Waals surface area (Å²) >= 11 is 8.79. The second-order valence-electron chi connectivity index (χ2n) is 8.78. The van der Waals surface area contributed by atoms with E-state index in [0.717, 1.165) is 17.7 Å². The predicted octanol–water partition coefficient (Wildman–Crippen LogP) is 2.89. The quantitative estimate of drug-likeness (QED) is 0.0381. The van der Waals surface area contributed by atoms with Crippen molar-refractivity contribution in [1.29, 1.82) is 0 Å². The average Bonchev–Trinajstić information content (AvgIpc) is 3.06. The number of aromatic hydroxyl groups is 3. The molecule has 0 bridgehead atoms. The Morgan fingerprint density at radius 2 is 1.06 bits per heavy atom. The lowest BCUT2D eigenvalue weighted by Crippen LogP contribution is -2.34. The highest BCUT2D eigenvalue weighted by Crippen LogP contribution is 2.19. The number of carboxylic acid groups (broad SMARTS) is 2. The van der Waals surface area contributed by atoms with E-state index in [1.165, 1.54) is 48.7 Å². The van der Waals surface area contributed by atoms with Crippen molar-refractivity contribution in [2.45, 2.75) is 6.92 Å². The number of rotatable bonds is 9. The molecule has 0 radical (unpaired) electrons. The van der Waals surface area contributed by atoms with Gasteiger partial charge in [0.1, 0.15) is 17.2 Å². The summed E-state index contributed by atoms with van der Waals surface area (Å²) in [4.78, 5) is 41.4. The fourth-order valence-electron chi connectivity index (χ4n) is 3.02. The number of carboxylic acids is 2. The number of nitrogens with one attached hydrogen (secondary N) is 2. The third kappa shape index (κ3) is 19.6. The van der Waals surface area contributed by atoms with Crippen LogP contribution in [-0.2, 0) is 9.59 Å². The third-order valence-corrected chi connectivity index (χ3v) is 5.33. The van der Waals surface area contributed by atoms with Gasteiger partial charge in [0.2, 0.25) is 0 Å². The Balaban J connectivity index is 0.000000670. The number of carbonyl (C=O) groups is 4. The maximum Gasteiger partial charge on any atom is 0.328 e. The highest BCUT2D eigenvalue weighted by molar-refractivity contribution is 7.80. The molecule has 258 valence electrons. The Hall–Kier alpha value is -6.43. The van der Waals surface area contributed by atoms with Gasteiger partial charge in [0.25, 0.3) is 0 Å². The number of nitrogens with zero attached hydrogens (tertiary/aromatic N) is 1. The molecule has 0 heterocycles. The molecular formula is C32H34N6O9S2. The van der Waals surface area contributed by atoms with E-state index in [9.17, 15) is 24.3 Å². The second-order valence-corrected chi connectivity index (χ2v) is 9.66. The van der Waals surface area contributed by atoms with Gasteiger partial charge < -0.3 is 42.4 Å². The van der Waals surface area contributed by atoms with Crippen molar-refractivity contribution in [2.24, 2.45) is 22.4 Å². The normalized spacial score (nSPS) is 10.2. The summed E-state index contributed by atoms with van der Waals surface area (Å²) in [6.07, 6.45) is 10.9. The first-order chi connectivity index (χ1) is 23.2. The molecular weight excluding hydrogens is 677 g/mol. The van der Waals surface area contributed by atoms with Gasteiger partial charge in [-0.05, 0) is 96.6 Å². The van der Waals surface area contributed by atoms with Crippen LogP contribution < -0.4 is 28.2 Å². The van der Waals surface area contributed by atoms with Gasteiger partial charge >= 0.3 is 11.9 Å². The number of carbonyl (C=O) groups excluding carboxylic acids is 2. The molecule has 49 heavy (non-hydrogen) atoms. The van der Waals surface area contributed by atoms with Gasteiger partial charge in [0.15, 0.2) is 22.8 Å². The van der Waals surface area contributed by atoms with E-state index in [0.29, 0.717) is 34.8 Å². The minimum Gasteiger partial charge on any atom is -0.507 e. The van der Waals surface area contributed by atoms with Crippen molar-refractivity contribution in [1.82, 2.24) is 10.9 Å². The van der Waals surface area contributed by atoms with Crippen molar-refractivity contribution < 1.29 is 44.7 Å². The van der Waals surface area contributed by atoms with E-state index in [-0.39, 0.29) is 33.0 Å². The standard InChI is InChI=1S/C11H11N3O3S.C10H8O4.C10H10O2.CH5N3S/c12-11(18)14-13-6-8-5-7(1-3-9(8)15)2-4-10(16)17;11-6-8-5-7(1-3-9(8)12)2-4-10(13)14;1-2-3-8-4-5-10(12)9(6-8)7-11;2-1(5)4-3/h1-6,15H,(H,16,17)(H3,12,14,18);1-6,12H,(H,13,14);2-7,12H,1H3;3H2,(H3,2,4,5)/b4-2+,13-6+;4-2+;3-2+;. The van der Waals surface area contributed by atoms with Crippen molar-refractivity contribution >= 4 is 83.6 Å². The van der Waals surface area contributed by atoms with E-state index in [1.54, 1.807) is 24.3 Å². The summed E-state index contributed by atoms with van der Waals surface area (Å²) in [7, 11) is 0. The molecule has 3 aromatic rings. The first-order valence-corrected chi connectivity index (χ1v) is 14.2. The van der Waals surface area contributed by atoms with Gasteiger partial charge in [-0.3, -0.25) is 15.0 Å². The van der Waals surface area contributed by atoms with Crippen molar-refractivity contribution in [3.63, 3.8) is 0 Å². The number of hydrogen-bond acceptors (Lipinski definition) is 11. The molecule has 3 rings (SSSR count). The number of phenolic OH excluding ortho intramolecular Hbond substituents is 3. The van der Waals surface area contributed by atoms with E-state index >= 15 is 0 Å². The summed E-state index contributed by atoms with van der Waals surface area (Å²) in [5, 5.41) is 48.5. The number of hydrazine groups is 1. The smallest absolute Gasteiger partial charge is 0.328 e. The summed E-state index contributed by atoms with van der Waals surface area (Å²) < 4.78 is 0. The minimum absolute atomic E-state index is 0.00710. The molecule has 17 heteroatoms. The zero-order chi connectivity index (χ0) is 37.4. The van der Waals surface area contributed by atoms with Crippen molar-refractivity contribution in [3.8, 4) is 17.2 Å². The van der Waals surface area contributed by atoms with Crippen molar-refractivity contribution in [2.75, 3.05) is 0 Å². The van der Waals surface area contributed by atoms with Gasteiger partial charge in [0.05, 0.1) is 17.3 Å². The number of aldehydes is 2. The van der Waals surface area contributed by atoms with E-state index in [2.05, 4.69) is 40.8 Å². The number of aliphatic carboxylic acids is 2. The van der Waals surface area contributed by atoms with Crippen LogP contribution in [0.3, 0.4) is 0 Å². The predicted molar refractivity (Wildman–Crippen MR) is 195 cm³/mol. The summed E-state index contributed by atoms with van der Waals surface area (Å²) in [6, 6.07) is 13.7. The largest absolute Gasteiger partial charge is 0.507 e. The molecule has 0 atom stereocenters. The third-order valence-electron chi connectivity index (χ3n) is 5.13. The van der Waals surface area contributed by atoms with Gasteiger partial charge in [-0.2, -0.15) is 5.10 Å². The van der Waals surface area contributed by atoms with Crippen LogP contribution in [-0.4, -0.2) is 66.5 Å². The first kappa shape index (κ1) is 42.6. The molecule has 0 amide bonds. The lowest BCUT2D eigenvalue weighted by molar-refractivity contribution is -0.132. The number of phenols is 3. The Kier molecular flexibility index (Phi) is 20.7. The van der Waals surface area contributed by atoms with Crippen LogP contribution in [0.5, 0.6) is 17.2 Å². The van der Waals surface area contributed by atoms with Crippen molar-refractivity contribution in [3.05, 3.63) is 106 Å². The van der Waals surface area contributed by atoms with Crippen LogP contribution in [0.15, 0.2) is 77.9 Å². The van der Waals surface area contributed by atoms with Gasteiger partial charge in [-0.15, -0.1) is 0 Å². The Morgan fingerprint density at radius 1 is 0.694 bits per heavy atom. The van der Waals surface area contributed by atoms with Crippen LogP contribution >= 0.6 is 24.4 Å². The molecule has 0 unspecified atom stereocenters. The van der Waals surface area contributed by atoms with E-state index in [1.807, 2.05) is 24.5 Å². The molecule has 0 fully saturated rings. The minimum atomic E-state index is -1.06. The van der Waals surface area contributed by atoms with Gasteiger partial charge in [0, 0.05) is 17.7 Å². The zero-order valence-electron chi connectivity index (χ0n) is 25.8. The molecule has 0 aliphatic carbocycles. The first-order valence-electron chi connectivity index (χ1n) is 13.4. The molecule has 15 nitrogen and oxygen atoms in total. The molecule has 0 saturated heterocycles. The lowest BCUT2D eigenvalue weighted by Gasteiger charge is -2.01. The molecule has 0 saturated carbocycles. The maximum atomic E-state index is 10.4. The monoisotopic (exact) mass is 710 g/mol. The van der Waals surface area contributed by atoms with E-state index in [4.69, 9.17) is 31.9 Å². The fraction of sp³-hybridized carbons (Fsp3) is 0.0312. The van der Waals surface area contributed by atoms with Crippen LogP contribution in [0.4, 0.5) is 0 Å². The Labute approximate surface area is 291 Å². The van der Waals surface area contributed by atoms with Crippen LogP contribution in [0.25, 0.3) is 18.2 Å². The Bertz CT molecular complexity index is 1740. The molecule has 3 aromatic carbocycles. The fourth-order valence-corrected chi connectivity index (χ4v) is 3.07. The zero-order valence-corrected chi connectivity index (χ0v) is 27.4. The number of hydrazone groups is 1. The number of nitrogens with two attached hydrogens (primary N) is 3. The highest BCUT2D eigenvalue weighted by atomic mass is 32.1. The van der Waals surface area contributed by atoms with Gasteiger partial charge in [-0.25, -0.2) is 15.4 Å². The number of thiocarbonyl (C=S) groups is 2. The number of benzene rings is 3. The molecule has 0 aliphatic rings. The van der Waals surface area contributed by atoms with Crippen LogP contribution in [0.2, 0.25) is 0 Å². The summed E-state index contributed by atoms with van der Waals surface area (Å²) in [5.41, 5.74) is 17.3. The summed E-state index contributed by atoms with van der Waals surface area (Å²) in [5.74, 6) is 2.46. The maximum absolute atomic E-state index is 10.4. The molecule has 13 N–H and O–H groups in total. The SMILES string of the molecule is C/C=C/c1ccc(O)c(C=O)c1.NC(=S)N/N=C/c1cc(/C=C/C(=O)O)ccc1O.NNC(N)=S.O=Cc1cc(/C=C/C(=O)O)ccc1O. The topological polar surface area (TPSA) is 284 Å². The number of hydrogen-bond donors (Lipinski definition) is 10. The van der Waals surface area contributed by atoms with E-state index < -0.39 is 11.9 Å². The average molecular weight is 711 g/mol. The second kappa shape index (κ2) is 23.8. The lowest BCUT2D eigenvalue weighted by atomic mass is 10.1. The Morgan fingerprint density at radius 3 is 1.39 bits per heavy atom. The number of allylic oxidation sites excluding steroid dienone is 1. The highest BCUT2D eigenvalue weighted by Gasteiger charge is 2.01. The van der Waals surface area contributed by atoms with Gasteiger partial charge in [-0.1, -0.05) is 30.4 Å². The van der Waals surface area contributed by atoms with Crippen LogP contribution in [0, 0.1) is 0 Å².